The lowest BCUT2D eigenvalue weighted by atomic mass is 10.1. The SMILES string of the molecule is CC(=O)c1cccc(Nc2ccc(NC(=O)c3ccccc3C)cn2)c1. The highest BCUT2D eigenvalue weighted by Gasteiger charge is 2.09. The lowest BCUT2D eigenvalue weighted by molar-refractivity contribution is 0.101. The maximum atomic E-state index is 12.3. The number of aryl methyl sites for hydroxylation is 1. The van der Waals surface area contributed by atoms with Crippen molar-refractivity contribution in [3.8, 4) is 0 Å². The molecule has 0 aliphatic carbocycles. The fraction of sp³-hybridized carbons (Fsp3) is 0.0952. The first-order valence-electron chi connectivity index (χ1n) is 8.24. The van der Waals surface area contributed by atoms with Crippen molar-refractivity contribution in [2.45, 2.75) is 13.8 Å². The Labute approximate surface area is 152 Å². The van der Waals surface area contributed by atoms with Gasteiger partial charge in [-0.25, -0.2) is 4.98 Å². The number of nitrogens with zero attached hydrogens (tertiary/aromatic N) is 1. The van der Waals surface area contributed by atoms with Crippen LogP contribution in [-0.2, 0) is 0 Å². The number of Topliss-reactive ketones (excluding diaryl/α,β-unsaturated/α-hetero) is 1. The second-order valence-corrected chi connectivity index (χ2v) is 5.96. The largest absolute Gasteiger partial charge is 0.340 e. The number of nitrogens with one attached hydrogen (secondary N) is 2. The first-order valence-corrected chi connectivity index (χ1v) is 8.24. The van der Waals surface area contributed by atoms with Crippen molar-refractivity contribution in [3.63, 3.8) is 0 Å². The van der Waals surface area contributed by atoms with Crippen LogP contribution in [-0.4, -0.2) is 16.7 Å². The molecule has 0 aliphatic heterocycles. The molecule has 0 bridgehead atoms. The number of aromatic nitrogens is 1. The van der Waals surface area contributed by atoms with Gasteiger partial charge in [0.05, 0.1) is 11.9 Å². The van der Waals surface area contributed by atoms with Gasteiger partial charge in [-0.1, -0.05) is 30.3 Å². The van der Waals surface area contributed by atoms with Crippen LogP contribution in [0.25, 0.3) is 0 Å². The predicted molar refractivity (Wildman–Crippen MR) is 103 cm³/mol. The molecule has 0 unspecified atom stereocenters. The highest BCUT2D eigenvalue weighted by molar-refractivity contribution is 6.05. The van der Waals surface area contributed by atoms with Crippen molar-refractivity contribution < 1.29 is 9.59 Å². The first kappa shape index (κ1) is 17.4. The third-order valence-corrected chi connectivity index (χ3v) is 3.95. The highest BCUT2D eigenvalue weighted by atomic mass is 16.1. The normalized spacial score (nSPS) is 10.2. The molecule has 0 radical (unpaired) electrons. The van der Waals surface area contributed by atoms with Crippen LogP contribution in [0.1, 0.15) is 33.2 Å². The standard InChI is InChI=1S/C21H19N3O2/c1-14-6-3-4-9-19(14)21(26)24-18-10-11-20(22-13-18)23-17-8-5-7-16(12-17)15(2)25/h3-13H,1-2H3,(H,22,23)(H,24,26). The Morgan fingerprint density at radius 2 is 1.73 bits per heavy atom. The van der Waals surface area contributed by atoms with Gasteiger partial charge in [0, 0.05) is 16.8 Å². The number of ketones is 1. The maximum absolute atomic E-state index is 12.3. The summed E-state index contributed by atoms with van der Waals surface area (Å²) in [5.41, 5.74) is 3.58. The van der Waals surface area contributed by atoms with E-state index in [9.17, 15) is 9.59 Å². The minimum atomic E-state index is -0.167. The van der Waals surface area contributed by atoms with E-state index in [1.165, 1.54) is 6.92 Å². The second kappa shape index (κ2) is 7.61. The zero-order chi connectivity index (χ0) is 18.5. The molecule has 5 heteroatoms. The Bertz CT molecular complexity index is 949. The van der Waals surface area contributed by atoms with Crippen LogP contribution in [0.15, 0.2) is 66.9 Å². The highest BCUT2D eigenvalue weighted by Crippen LogP contribution is 2.18. The van der Waals surface area contributed by atoms with Crippen LogP contribution in [0.5, 0.6) is 0 Å². The molecule has 2 N–H and O–H groups in total. The van der Waals surface area contributed by atoms with Gasteiger partial charge in [0.2, 0.25) is 0 Å². The Kier molecular flexibility index (Phi) is 5.08. The third-order valence-electron chi connectivity index (χ3n) is 3.95. The lowest BCUT2D eigenvalue weighted by Crippen LogP contribution is -2.13. The average molecular weight is 345 g/mol. The summed E-state index contributed by atoms with van der Waals surface area (Å²) in [6.07, 6.45) is 1.59. The van der Waals surface area contributed by atoms with E-state index in [2.05, 4.69) is 15.6 Å². The molecule has 1 aromatic heterocycles. The number of rotatable bonds is 5. The summed E-state index contributed by atoms with van der Waals surface area (Å²) in [6, 6.07) is 18.2. The van der Waals surface area contributed by atoms with E-state index in [-0.39, 0.29) is 11.7 Å². The van der Waals surface area contributed by atoms with Crippen LogP contribution in [0.2, 0.25) is 0 Å². The number of carbonyl (C=O) groups excluding carboxylic acids is 2. The molecule has 1 heterocycles. The molecular weight excluding hydrogens is 326 g/mol. The molecule has 3 rings (SSSR count). The van der Waals surface area contributed by atoms with E-state index in [0.717, 1.165) is 11.3 Å². The van der Waals surface area contributed by atoms with Crippen molar-refractivity contribution in [2.24, 2.45) is 0 Å². The fourth-order valence-corrected chi connectivity index (χ4v) is 2.53. The zero-order valence-electron chi connectivity index (χ0n) is 14.6. The average Bonchev–Trinajstić information content (AvgIpc) is 2.64. The fourth-order valence-electron chi connectivity index (χ4n) is 2.53. The topological polar surface area (TPSA) is 71.1 Å². The zero-order valence-corrected chi connectivity index (χ0v) is 14.6. The molecule has 0 atom stereocenters. The van der Waals surface area contributed by atoms with Gasteiger partial charge in [0.1, 0.15) is 5.82 Å². The van der Waals surface area contributed by atoms with Gasteiger partial charge < -0.3 is 10.6 Å². The third kappa shape index (κ3) is 4.13. The van der Waals surface area contributed by atoms with Crippen molar-refractivity contribution in [1.82, 2.24) is 4.98 Å². The molecule has 0 saturated carbocycles. The van der Waals surface area contributed by atoms with Crippen LogP contribution in [0.4, 0.5) is 17.2 Å². The molecule has 1 amide bonds. The summed E-state index contributed by atoms with van der Waals surface area (Å²) < 4.78 is 0. The Morgan fingerprint density at radius 3 is 2.42 bits per heavy atom. The van der Waals surface area contributed by atoms with Crippen molar-refractivity contribution in [3.05, 3.63) is 83.6 Å². The summed E-state index contributed by atoms with van der Waals surface area (Å²) in [7, 11) is 0. The molecule has 3 aromatic rings. The van der Waals surface area contributed by atoms with Crippen molar-refractivity contribution in [2.75, 3.05) is 10.6 Å². The quantitative estimate of drug-likeness (QED) is 0.664. The summed E-state index contributed by atoms with van der Waals surface area (Å²) in [5, 5.41) is 5.98. The molecule has 26 heavy (non-hydrogen) atoms. The van der Waals surface area contributed by atoms with E-state index in [1.807, 2.05) is 37.3 Å². The molecule has 0 saturated heterocycles. The number of benzene rings is 2. The van der Waals surface area contributed by atoms with Gasteiger partial charge in [-0.05, 0) is 49.7 Å². The summed E-state index contributed by atoms with van der Waals surface area (Å²) in [5.74, 6) is 0.468. The van der Waals surface area contributed by atoms with E-state index >= 15 is 0 Å². The van der Waals surface area contributed by atoms with Crippen molar-refractivity contribution in [1.29, 1.82) is 0 Å². The van der Waals surface area contributed by atoms with Crippen LogP contribution in [0, 0.1) is 6.92 Å². The van der Waals surface area contributed by atoms with Gasteiger partial charge in [-0.3, -0.25) is 9.59 Å². The lowest BCUT2D eigenvalue weighted by Gasteiger charge is -2.09. The Hall–Kier alpha value is -3.47. The smallest absolute Gasteiger partial charge is 0.255 e. The Morgan fingerprint density at radius 1 is 0.923 bits per heavy atom. The van der Waals surface area contributed by atoms with Crippen LogP contribution in [0.3, 0.4) is 0 Å². The maximum Gasteiger partial charge on any atom is 0.255 e. The summed E-state index contributed by atoms with van der Waals surface area (Å²) in [6.45, 7) is 3.43. The van der Waals surface area contributed by atoms with E-state index < -0.39 is 0 Å². The second-order valence-electron chi connectivity index (χ2n) is 5.96. The monoisotopic (exact) mass is 345 g/mol. The number of anilines is 3. The van der Waals surface area contributed by atoms with Gasteiger partial charge >= 0.3 is 0 Å². The number of carbonyl (C=O) groups is 2. The number of amides is 1. The predicted octanol–water partition coefficient (Wildman–Crippen LogP) is 4.59. The van der Waals surface area contributed by atoms with Crippen LogP contribution < -0.4 is 10.6 Å². The van der Waals surface area contributed by atoms with E-state index in [0.29, 0.717) is 22.6 Å². The molecule has 0 aliphatic rings. The Balaban J connectivity index is 1.69. The number of pyridine rings is 1. The number of hydrogen-bond donors (Lipinski definition) is 2. The molecule has 0 spiro atoms. The summed E-state index contributed by atoms with van der Waals surface area (Å²) in [4.78, 5) is 28.1. The van der Waals surface area contributed by atoms with Gasteiger partial charge in [-0.15, -0.1) is 0 Å². The minimum absolute atomic E-state index is 0.0101. The number of hydrogen-bond acceptors (Lipinski definition) is 4. The molecule has 130 valence electrons. The van der Waals surface area contributed by atoms with E-state index in [4.69, 9.17) is 0 Å². The first-order chi connectivity index (χ1) is 12.5. The minimum Gasteiger partial charge on any atom is -0.340 e. The van der Waals surface area contributed by atoms with Crippen molar-refractivity contribution >= 4 is 28.9 Å². The summed E-state index contributed by atoms with van der Waals surface area (Å²) >= 11 is 0. The van der Waals surface area contributed by atoms with Gasteiger partial charge in [-0.2, -0.15) is 0 Å². The van der Waals surface area contributed by atoms with Gasteiger partial charge in [0.15, 0.2) is 5.78 Å². The molecule has 5 nitrogen and oxygen atoms in total. The van der Waals surface area contributed by atoms with Gasteiger partial charge in [0.25, 0.3) is 5.91 Å². The van der Waals surface area contributed by atoms with Crippen LogP contribution >= 0.6 is 0 Å². The molecular formula is C21H19N3O2. The van der Waals surface area contributed by atoms with E-state index in [1.54, 1.807) is 36.5 Å². The molecule has 2 aromatic carbocycles. The molecule has 0 fully saturated rings.